The Morgan fingerprint density at radius 3 is 2.93 bits per heavy atom. The molecule has 0 radical (unpaired) electrons. The Bertz CT molecular complexity index is 951. The molecule has 1 aliphatic carbocycles. The van der Waals surface area contributed by atoms with Gasteiger partial charge in [0.25, 0.3) is 0 Å². The van der Waals surface area contributed by atoms with Crippen molar-refractivity contribution in [3.63, 3.8) is 0 Å². The third kappa shape index (κ3) is 4.36. The number of thioether (sulfide) groups is 1. The Hall–Kier alpha value is -2.25. The van der Waals surface area contributed by atoms with Crippen LogP contribution in [0.1, 0.15) is 35.9 Å². The average Bonchev–Trinajstić information content (AvgIpc) is 3.21. The van der Waals surface area contributed by atoms with Crippen LogP contribution in [0.4, 0.5) is 5.69 Å². The van der Waals surface area contributed by atoms with Gasteiger partial charge in [0, 0.05) is 16.6 Å². The van der Waals surface area contributed by atoms with Gasteiger partial charge in [0.05, 0.1) is 18.6 Å². The first-order valence-electron chi connectivity index (χ1n) is 8.74. The number of nitrogens with one attached hydrogen (secondary N) is 1. The molecule has 1 N–H and O–H groups in total. The summed E-state index contributed by atoms with van der Waals surface area (Å²) in [5.41, 5.74) is 1.66. The van der Waals surface area contributed by atoms with Crippen LogP contribution >= 0.6 is 23.4 Å². The van der Waals surface area contributed by atoms with Crippen LogP contribution in [0.3, 0.4) is 0 Å². The Labute approximate surface area is 166 Å². The Morgan fingerprint density at radius 1 is 1.37 bits per heavy atom. The smallest absolute Gasteiger partial charge is 0.234 e. The van der Waals surface area contributed by atoms with Gasteiger partial charge in [-0.15, -0.1) is 10.2 Å². The second-order valence-corrected chi connectivity index (χ2v) is 7.93. The Kier molecular flexibility index (Phi) is 5.22. The number of amides is 1. The van der Waals surface area contributed by atoms with Crippen molar-refractivity contribution in [3.8, 4) is 0 Å². The summed E-state index contributed by atoms with van der Waals surface area (Å²) >= 11 is 7.48. The zero-order valence-electron chi connectivity index (χ0n) is 14.8. The van der Waals surface area contributed by atoms with Gasteiger partial charge in [0.1, 0.15) is 11.6 Å². The molecule has 2 aromatic heterocycles. The summed E-state index contributed by atoms with van der Waals surface area (Å²) in [5.74, 6) is 2.41. The summed E-state index contributed by atoms with van der Waals surface area (Å²) < 4.78 is 7.52. The molecule has 0 atom stereocenters. The minimum atomic E-state index is -0.111. The van der Waals surface area contributed by atoms with E-state index in [1.165, 1.54) is 11.8 Å². The lowest BCUT2D eigenvalue weighted by Gasteiger charge is -2.09. The van der Waals surface area contributed by atoms with Crippen molar-refractivity contribution in [1.29, 1.82) is 0 Å². The first-order valence-corrected chi connectivity index (χ1v) is 10.1. The monoisotopic (exact) mass is 402 g/mol. The molecule has 6 nitrogen and oxygen atoms in total. The molecular formula is C19H19ClN4O2S. The maximum atomic E-state index is 12.3. The van der Waals surface area contributed by atoms with E-state index in [1.807, 2.05) is 31.2 Å². The van der Waals surface area contributed by atoms with E-state index in [2.05, 4.69) is 20.1 Å². The third-order valence-corrected chi connectivity index (χ3v) is 5.74. The molecule has 1 aromatic carbocycles. The summed E-state index contributed by atoms with van der Waals surface area (Å²) in [6.07, 6.45) is 3.93. The van der Waals surface area contributed by atoms with Crippen LogP contribution < -0.4 is 5.32 Å². The van der Waals surface area contributed by atoms with Gasteiger partial charge >= 0.3 is 0 Å². The molecule has 0 aliphatic heterocycles. The zero-order valence-corrected chi connectivity index (χ0v) is 16.4. The molecule has 4 rings (SSSR count). The van der Waals surface area contributed by atoms with Crippen molar-refractivity contribution in [2.45, 2.75) is 37.4 Å². The van der Waals surface area contributed by atoms with Crippen molar-refractivity contribution in [1.82, 2.24) is 14.8 Å². The molecule has 0 bridgehead atoms. The van der Waals surface area contributed by atoms with Crippen LogP contribution in [0.25, 0.3) is 0 Å². The first-order chi connectivity index (χ1) is 13.1. The highest BCUT2D eigenvalue weighted by molar-refractivity contribution is 7.99. The van der Waals surface area contributed by atoms with Gasteiger partial charge in [0.15, 0.2) is 5.16 Å². The fraction of sp³-hybridized carbons (Fsp3) is 0.316. The topological polar surface area (TPSA) is 73.0 Å². The van der Waals surface area contributed by atoms with Crippen LogP contribution in [0.5, 0.6) is 0 Å². The molecule has 1 fully saturated rings. The average molecular weight is 403 g/mol. The molecule has 1 aliphatic rings. The Morgan fingerprint density at radius 2 is 2.22 bits per heavy atom. The highest BCUT2D eigenvalue weighted by Gasteiger charge is 2.30. The van der Waals surface area contributed by atoms with Gasteiger partial charge in [-0.1, -0.05) is 29.4 Å². The lowest BCUT2D eigenvalue weighted by atomic mass is 10.2. The molecule has 27 heavy (non-hydrogen) atoms. The predicted molar refractivity (Wildman–Crippen MR) is 105 cm³/mol. The van der Waals surface area contributed by atoms with E-state index in [-0.39, 0.29) is 11.7 Å². The van der Waals surface area contributed by atoms with Crippen molar-refractivity contribution < 1.29 is 9.21 Å². The van der Waals surface area contributed by atoms with E-state index < -0.39 is 0 Å². The molecule has 0 unspecified atom stereocenters. The van der Waals surface area contributed by atoms with Gasteiger partial charge in [-0.25, -0.2) is 0 Å². The highest BCUT2D eigenvalue weighted by atomic mass is 35.5. The van der Waals surface area contributed by atoms with Crippen molar-refractivity contribution in [2.24, 2.45) is 0 Å². The first kappa shape index (κ1) is 18.1. The molecular weight excluding hydrogens is 384 g/mol. The van der Waals surface area contributed by atoms with Crippen LogP contribution in [0.15, 0.2) is 46.2 Å². The molecule has 140 valence electrons. The number of anilines is 1. The van der Waals surface area contributed by atoms with E-state index in [1.54, 1.807) is 12.3 Å². The molecule has 3 aromatic rings. The van der Waals surface area contributed by atoms with Crippen LogP contribution in [-0.4, -0.2) is 26.4 Å². The maximum Gasteiger partial charge on any atom is 0.234 e. The van der Waals surface area contributed by atoms with E-state index in [0.717, 1.165) is 35.1 Å². The number of carbonyl (C=O) groups excluding carboxylic acids is 1. The number of carbonyl (C=O) groups is 1. The lowest BCUT2D eigenvalue weighted by molar-refractivity contribution is -0.113. The number of rotatable bonds is 7. The van der Waals surface area contributed by atoms with Crippen molar-refractivity contribution >= 4 is 35.0 Å². The number of halogens is 1. The largest absolute Gasteiger partial charge is 0.467 e. The summed E-state index contributed by atoms with van der Waals surface area (Å²) in [6, 6.07) is 9.27. The quantitative estimate of drug-likeness (QED) is 0.589. The minimum absolute atomic E-state index is 0.111. The van der Waals surface area contributed by atoms with E-state index in [9.17, 15) is 4.79 Å². The van der Waals surface area contributed by atoms with Gasteiger partial charge in [0.2, 0.25) is 5.91 Å². The summed E-state index contributed by atoms with van der Waals surface area (Å²) in [6.45, 7) is 2.50. The number of hydrogen-bond acceptors (Lipinski definition) is 5. The molecule has 1 amide bonds. The lowest BCUT2D eigenvalue weighted by Crippen LogP contribution is -2.15. The summed E-state index contributed by atoms with van der Waals surface area (Å²) in [5, 5.41) is 12.9. The second-order valence-electron chi connectivity index (χ2n) is 6.58. The molecule has 0 saturated heterocycles. The van der Waals surface area contributed by atoms with Crippen molar-refractivity contribution in [2.75, 3.05) is 11.1 Å². The van der Waals surface area contributed by atoms with Crippen molar-refractivity contribution in [3.05, 3.63) is 58.8 Å². The number of benzene rings is 1. The third-order valence-electron chi connectivity index (χ3n) is 4.37. The Balaban J connectivity index is 1.43. The van der Waals surface area contributed by atoms with Crippen LogP contribution in [0, 0.1) is 6.92 Å². The van der Waals surface area contributed by atoms with E-state index in [0.29, 0.717) is 23.2 Å². The minimum Gasteiger partial charge on any atom is -0.467 e. The fourth-order valence-electron chi connectivity index (χ4n) is 2.76. The zero-order chi connectivity index (χ0) is 18.8. The fourth-order valence-corrected chi connectivity index (χ4v) is 3.68. The number of furan rings is 1. The van der Waals surface area contributed by atoms with Gasteiger partial charge in [-0.2, -0.15) is 0 Å². The normalized spacial score (nSPS) is 13.7. The van der Waals surface area contributed by atoms with E-state index in [4.69, 9.17) is 16.0 Å². The number of aromatic nitrogens is 3. The predicted octanol–water partition coefficient (Wildman–Crippen LogP) is 4.49. The van der Waals surface area contributed by atoms with Crippen LogP contribution in [-0.2, 0) is 11.3 Å². The molecule has 1 saturated carbocycles. The summed E-state index contributed by atoms with van der Waals surface area (Å²) in [4.78, 5) is 12.3. The number of nitrogens with zero attached hydrogens (tertiary/aromatic N) is 3. The molecule has 0 spiro atoms. The number of aryl methyl sites for hydroxylation is 1. The highest BCUT2D eigenvalue weighted by Crippen LogP contribution is 2.40. The molecule has 2 heterocycles. The van der Waals surface area contributed by atoms with Gasteiger partial charge in [-0.3, -0.25) is 9.36 Å². The van der Waals surface area contributed by atoms with Crippen LogP contribution in [0.2, 0.25) is 5.02 Å². The van der Waals surface area contributed by atoms with Gasteiger partial charge < -0.3 is 9.73 Å². The molecule has 8 heteroatoms. The standard InChI is InChI=1S/C19H19ClN4O2S/c1-12-4-7-14(9-16(12)20)21-17(25)11-27-19-23-22-18(13-5-6-13)24(19)10-15-3-2-8-26-15/h2-4,7-9,13H,5-6,10-11H2,1H3,(H,21,25). The summed E-state index contributed by atoms with van der Waals surface area (Å²) in [7, 11) is 0. The maximum absolute atomic E-state index is 12.3. The second kappa shape index (κ2) is 7.78. The van der Waals surface area contributed by atoms with E-state index >= 15 is 0 Å². The number of hydrogen-bond donors (Lipinski definition) is 1. The van der Waals surface area contributed by atoms with Gasteiger partial charge in [-0.05, 0) is 49.6 Å². The SMILES string of the molecule is Cc1ccc(NC(=O)CSc2nnc(C3CC3)n2Cc2ccco2)cc1Cl.